The van der Waals surface area contributed by atoms with E-state index in [2.05, 4.69) is 26.6 Å². The predicted octanol–water partition coefficient (Wildman–Crippen LogP) is 4.83. The molecule has 1 aromatic carbocycles. The SMILES string of the molecule is CCOc1ccc(-n2c(SCC(=O)NCCC3=CCCCC3)nnc2-c2cccnc2)cc1. The van der Waals surface area contributed by atoms with Gasteiger partial charge in [-0.05, 0) is 75.4 Å². The van der Waals surface area contributed by atoms with Crippen molar-refractivity contribution < 1.29 is 9.53 Å². The van der Waals surface area contributed by atoms with Crippen molar-refractivity contribution in [3.05, 3.63) is 60.4 Å². The number of rotatable bonds is 10. The Labute approximate surface area is 198 Å². The Kier molecular flexibility index (Phi) is 8.14. The summed E-state index contributed by atoms with van der Waals surface area (Å²) in [5, 5.41) is 12.5. The monoisotopic (exact) mass is 463 g/mol. The molecular formula is C25H29N5O2S. The molecule has 0 saturated carbocycles. The maximum atomic E-state index is 12.5. The van der Waals surface area contributed by atoms with Crippen LogP contribution in [0, 0.1) is 0 Å². The zero-order chi connectivity index (χ0) is 22.9. The number of hydrogen-bond acceptors (Lipinski definition) is 6. The van der Waals surface area contributed by atoms with Crippen LogP contribution in [0.15, 0.2) is 65.6 Å². The van der Waals surface area contributed by atoms with E-state index in [4.69, 9.17) is 4.74 Å². The van der Waals surface area contributed by atoms with Crippen molar-refractivity contribution in [3.63, 3.8) is 0 Å². The molecule has 0 unspecified atom stereocenters. The van der Waals surface area contributed by atoms with Gasteiger partial charge in [-0.3, -0.25) is 14.3 Å². The number of pyridine rings is 1. The van der Waals surface area contributed by atoms with Crippen LogP contribution in [0.5, 0.6) is 5.75 Å². The van der Waals surface area contributed by atoms with Crippen molar-refractivity contribution in [1.82, 2.24) is 25.1 Å². The van der Waals surface area contributed by atoms with Gasteiger partial charge in [0, 0.05) is 30.2 Å². The van der Waals surface area contributed by atoms with E-state index in [-0.39, 0.29) is 11.7 Å². The molecule has 8 heteroatoms. The second-order valence-electron chi connectivity index (χ2n) is 7.81. The summed E-state index contributed by atoms with van der Waals surface area (Å²) < 4.78 is 7.53. The highest BCUT2D eigenvalue weighted by Gasteiger charge is 2.17. The Balaban J connectivity index is 1.46. The van der Waals surface area contributed by atoms with Gasteiger partial charge < -0.3 is 10.1 Å². The minimum atomic E-state index is 0.000538. The summed E-state index contributed by atoms with van der Waals surface area (Å²) in [6.45, 7) is 3.25. The van der Waals surface area contributed by atoms with Crippen molar-refractivity contribution >= 4 is 17.7 Å². The lowest BCUT2D eigenvalue weighted by Gasteiger charge is -2.13. The molecule has 2 heterocycles. The van der Waals surface area contributed by atoms with Crippen LogP contribution < -0.4 is 10.1 Å². The fraction of sp³-hybridized carbons (Fsp3) is 0.360. The van der Waals surface area contributed by atoms with Crippen LogP contribution in [0.25, 0.3) is 17.1 Å². The number of aromatic nitrogens is 4. The molecule has 4 rings (SSSR count). The topological polar surface area (TPSA) is 81.9 Å². The molecule has 0 atom stereocenters. The van der Waals surface area contributed by atoms with Gasteiger partial charge in [0.1, 0.15) is 5.75 Å². The largest absolute Gasteiger partial charge is 0.494 e. The molecule has 0 saturated heterocycles. The Morgan fingerprint density at radius 3 is 2.79 bits per heavy atom. The fourth-order valence-corrected chi connectivity index (χ4v) is 4.59. The molecule has 1 aliphatic rings. The predicted molar refractivity (Wildman–Crippen MR) is 131 cm³/mol. The lowest BCUT2D eigenvalue weighted by atomic mass is 9.97. The summed E-state index contributed by atoms with van der Waals surface area (Å²) in [6.07, 6.45) is 11.6. The van der Waals surface area contributed by atoms with E-state index in [0.717, 1.165) is 29.8 Å². The Morgan fingerprint density at radius 2 is 2.06 bits per heavy atom. The lowest BCUT2D eigenvalue weighted by molar-refractivity contribution is -0.118. The van der Waals surface area contributed by atoms with Gasteiger partial charge in [-0.1, -0.05) is 23.4 Å². The highest BCUT2D eigenvalue weighted by atomic mass is 32.2. The van der Waals surface area contributed by atoms with Gasteiger partial charge in [0.05, 0.1) is 12.4 Å². The van der Waals surface area contributed by atoms with E-state index < -0.39 is 0 Å². The molecule has 0 aliphatic heterocycles. The Morgan fingerprint density at radius 1 is 1.18 bits per heavy atom. The number of thioether (sulfide) groups is 1. The van der Waals surface area contributed by atoms with E-state index in [1.165, 1.54) is 36.6 Å². The first-order valence-electron chi connectivity index (χ1n) is 11.4. The van der Waals surface area contributed by atoms with Crippen molar-refractivity contribution in [2.45, 2.75) is 44.2 Å². The molecule has 3 aromatic rings. The molecule has 1 aliphatic carbocycles. The van der Waals surface area contributed by atoms with Crippen LogP contribution in [0.2, 0.25) is 0 Å². The molecule has 1 N–H and O–H groups in total. The number of amides is 1. The highest BCUT2D eigenvalue weighted by molar-refractivity contribution is 7.99. The molecule has 7 nitrogen and oxygen atoms in total. The van der Waals surface area contributed by atoms with Gasteiger partial charge in [-0.25, -0.2) is 0 Å². The lowest BCUT2D eigenvalue weighted by Crippen LogP contribution is -2.26. The van der Waals surface area contributed by atoms with Gasteiger partial charge in [-0.2, -0.15) is 0 Å². The van der Waals surface area contributed by atoms with Crippen molar-refractivity contribution in [2.24, 2.45) is 0 Å². The molecule has 2 aromatic heterocycles. The van der Waals surface area contributed by atoms with E-state index in [0.29, 0.717) is 24.1 Å². The quantitative estimate of drug-likeness (QED) is 0.343. The zero-order valence-corrected chi connectivity index (χ0v) is 19.7. The zero-order valence-electron chi connectivity index (χ0n) is 18.9. The van der Waals surface area contributed by atoms with Gasteiger partial charge in [0.2, 0.25) is 5.91 Å². The third kappa shape index (κ3) is 6.22. The second-order valence-corrected chi connectivity index (χ2v) is 8.75. The number of benzene rings is 1. The molecule has 1 amide bonds. The normalized spacial score (nSPS) is 13.4. The highest BCUT2D eigenvalue weighted by Crippen LogP contribution is 2.28. The summed E-state index contributed by atoms with van der Waals surface area (Å²) >= 11 is 1.38. The van der Waals surface area contributed by atoms with Crippen molar-refractivity contribution in [2.75, 3.05) is 18.9 Å². The van der Waals surface area contributed by atoms with E-state index in [9.17, 15) is 4.79 Å². The van der Waals surface area contributed by atoms with Crippen molar-refractivity contribution in [1.29, 1.82) is 0 Å². The first kappa shape index (κ1) is 23.0. The van der Waals surface area contributed by atoms with E-state index >= 15 is 0 Å². The molecule has 0 radical (unpaired) electrons. The smallest absolute Gasteiger partial charge is 0.230 e. The number of nitrogens with one attached hydrogen (secondary N) is 1. The number of allylic oxidation sites excluding steroid dienone is 1. The van der Waals surface area contributed by atoms with Gasteiger partial charge in [-0.15, -0.1) is 10.2 Å². The summed E-state index contributed by atoms with van der Waals surface area (Å²) in [5.74, 6) is 1.76. The molecular weight excluding hydrogens is 434 g/mol. The Bertz CT molecular complexity index is 1080. The van der Waals surface area contributed by atoms with Crippen LogP contribution in [0.3, 0.4) is 0 Å². The molecule has 0 bridgehead atoms. The third-order valence-corrected chi connectivity index (χ3v) is 6.37. The molecule has 33 heavy (non-hydrogen) atoms. The summed E-state index contributed by atoms with van der Waals surface area (Å²) in [5.41, 5.74) is 3.22. The number of nitrogens with zero attached hydrogens (tertiary/aromatic N) is 4. The summed E-state index contributed by atoms with van der Waals surface area (Å²) in [4.78, 5) is 16.7. The minimum absolute atomic E-state index is 0.000538. The number of carbonyl (C=O) groups is 1. The van der Waals surface area contributed by atoms with Gasteiger partial charge in [0.15, 0.2) is 11.0 Å². The standard InChI is InChI=1S/C25H29N5O2S/c1-2-32-22-12-10-21(11-13-22)30-24(20-9-6-15-26-17-20)28-29-25(30)33-18-23(31)27-16-14-19-7-4-3-5-8-19/h6-7,9-13,15,17H,2-5,8,14,16,18H2,1H3,(H,27,31). The first-order valence-corrected chi connectivity index (χ1v) is 12.4. The third-order valence-electron chi connectivity index (χ3n) is 5.44. The van der Waals surface area contributed by atoms with Crippen molar-refractivity contribution in [3.8, 4) is 22.8 Å². The average Bonchev–Trinajstić information content (AvgIpc) is 3.29. The van der Waals surface area contributed by atoms with E-state index in [1.54, 1.807) is 12.4 Å². The van der Waals surface area contributed by atoms with Crippen LogP contribution in [0.1, 0.15) is 39.0 Å². The second kappa shape index (κ2) is 11.7. The summed E-state index contributed by atoms with van der Waals surface area (Å²) in [6, 6.07) is 11.6. The van der Waals surface area contributed by atoms with Crippen LogP contribution in [0.4, 0.5) is 0 Å². The van der Waals surface area contributed by atoms with E-state index in [1.807, 2.05) is 47.9 Å². The molecule has 0 spiro atoms. The minimum Gasteiger partial charge on any atom is -0.494 e. The Hall–Kier alpha value is -3.13. The van der Waals surface area contributed by atoms with Crippen LogP contribution in [-0.2, 0) is 4.79 Å². The van der Waals surface area contributed by atoms with Gasteiger partial charge in [0.25, 0.3) is 0 Å². The van der Waals surface area contributed by atoms with Gasteiger partial charge >= 0.3 is 0 Å². The molecule has 172 valence electrons. The maximum Gasteiger partial charge on any atom is 0.230 e. The van der Waals surface area contributed by atoms with Crippen LogP contribution >= 0.6 is 11.8 Å². The summed E-state index contributed by atoms with van der Waals surface area (Å²) in [7, 11) is 0. The number of hydrogen-bond donors (Lipinski definition) is 1. The number of carbonyl (C=O) groups excluding carboxylic acids is 1. The molecule has 0 fully saturated rings. The first-order chi connectivity index (χ1) is 16.2. The fourth-order valence-electron chi connectivity index (χ4n) is 3.81. The van der Waals surface area contributed by atoms with Crippen LogP contribution in [-0.4, -0.2) is 44.6 Å². The number of ether oxygens (including phenoxy) is 1. The maximum absolute atomic E-state index is 12.5. The average molecular weight is 464 g/mol.